The molecular weight excluding hydrogens is 299 g/mol. The van der Waals surface area contributed by atoms with E-state index in [1.165, 1.54) is 12.1 Å². The molecule has 0 aliphatic rings. The van der Waals surface area contributed by atoms with E-state index in [9.17, 15) is 9.50 Å². The Labute approximate surface area is 113 Å². The van der Waals surface area contributed by atoms with Crippen molar-refractivity contribution in [3.05, 3.63) is 52.0 Å². The third-order valence-corrected chi connectivity index (χ3v) is 3.37. The van der Waals surface area contributed by atoms with Gasteiger partial charge in [0.25, 0.3) is 0 Å². The Morgan fingerprint density at radius 1 is 1.50 bits per heavy atom. The molecule has 0 aliphatic heterocycles. The number of rotatable bonds is 4. The summed E-state index contributed by atoms with van der Waals surface area (Å²) in [5.41, 5.74) is 1.34. The molecule has 0 saturated heterocycles. The van der Waals surface area contributed by atoms with Gasteiger partial charge >= 0.3 is 0 Å². The van der Waals surface area contributed by atoms with Gasteiger partial charge in [0.15, 0.2) is 0 Å². The normalized spacial score (nSPS) is 12.7. The summed E-state index contributed by atoms with van der Waals surface area (Å²) in [6.07, 6.45) is 3.63. The molecule has 18 heavy (non-hydrogen) atoms. The maximum absolute atomic E-state index is 13.0. The second-order valence-corrected chi connectivity index (χ2v) is 4.96. The van der Waals surface area contributed by atoms with Gasteiger partial charge in [0.2, 0.25) is 0 Å². The third-order valence-electron chi connectivity index (χ3n) is 2.68. The van der Waals surface area contributed by atoms with Crippen molar-refractivity contribution in [1.29, 1.82) is 0 Å². The summed E-state index contributed by atoms with van der Waals surface area (Å²) in [7, 11) is 0. The molecule has 1 heterocycles. The number of halogens is 2. The molecule has 0 amide bonds. The van der Waals surface area contributed by atoms with Crippen LogP contribution in [-0.2, 0) is 6.54 Å². The van der Waals surface area contributed by atoms with Crippen LogP contribution >= 0.6 is 15.9 Å². The van der Waals surface area contributed by atoms with Crippen molar-refractivity contribution in [2.45, 2.75) is 26.0 Å². The van der Waals surface area contributed by atoms with E-state index in [-0.39, 0.29) is 5.82 Å². The van der Waals surface area contributed by atoms with E-state index in [0.717, 1.165) is 13.0 Å². The van der Waals surface area contributed by atoms with Crippen LogP contribution in [0.15, 0.2) is 35.1 Å². The molecule has 0 saturated carbocycles. The fraction of sp³-hybridized carbons (Fsp3) is 0.308. The highest BCUT2D eigenvalue weighted by Gasteiger charge is 2.15. The Bertz CT molecular complexity index is 542. The van der Waals surface area contributed by atoms with Crippen molar-refractivity contribution in [2.24, 2.45) is 0 Å². The molecule has 1 unspecified atom stereocenters. The minimum absolute atomic E-state index is 0.334. The Hall–Kier alpha value is -1.20. The van der Waals surface area contributed by atoms with Gasteiger partial charge in [-0.3, -0.25) is 4.68 Å². The number of benzene rings is 1. The Kier molecular flexibility index (Phi) is 4.14. The van der Waals surface area contributed by atoms with Crippen molar-refractivity contribution in [1.82, 2.24) is 9.78 Å². The van der Waals surface area contributed by atoms with Gasteiger partial charge in [0, 0.05) is 22.8 Å². The first kappa shape index (κ1) is 13.2. The summed E-state index contributed by atoms with van der Waals surface area (Å²) in [6.45, 7) is 2.88. The number of nitrogens with zero attached hydrogens (tertiary/aromatic N) is 2. The average Bonchev–Trinajstić information content (AvgIpc) is 2.77. The first-order chi connectivity index (χ1) is 8.61. The van der Waals surface area contributed by atoms with Crippen molar-refractivity contribution in [3.8, 4) is 0 Å². The zero-order valence-electron chi connectivity index (χ0n) is 9.98. The van der Waals surface area contributed by atoms with Crippen molar-refractivity contribution >= 4 is 15.9 Å². The van der Waals surface area contributed by atoms with Crippen LogP contribution < -0.4 is 0 Å². The van der Waals surface area contributed by atoms with Gasteiger partial charge in [-0.2, -0.15) is 5.10 Å². The molecule has 1 atom stereocenters. The van der Waals surface area contributed by atoms with Gasteiger partial charge in [-0.1, -0.05) is 28.9 Å². The van der Waals surface area contributed by atoms with Crippen molar-refractivity contribution < 1.29 is 9.50 Å². The lowest BCUT2D eigenvalue weighted by atomic mass is 10.0. The maximum Gasteiger partial charge on any atom is 0.124 e. The predicted octanol–water partition coefficient (Wildman–Crippen LogP) is 3.28. The zero-order valence-corrected chi connectivity index (χ0v) is 11.6. The molecule has 0 spiro atoms. The van der Waals surface area contributed by atoms with Gasteiger partial charge in [0.1, 0.15) is 11.9 Å². The summed E-state index contributed by atoms with van der Waals surface area (Å²) < 4.78 is 15.3. The SMILES string of the molecule is CCCn1cc(C(O)c2ccc(F)cc2Br)cn1. The van der Waals surface area contributed by atoms with Gasteiger partial charge in [-0.15, -0.1) is 0 Å². The molecular formula is C13H14BrFN2O. The van der Waals surface area contributed by atoms with E-state index in [1.54, 1.807) is 16.9 Å². The van der Waals surface area contributed by atoms with Crippen LogP contribution in [0.5, 0.6) is 0 Å². The summed E-state index contributed by atoms with van der Waals surface area (Å²) >= 11 is 3.26. The van der Waals surface area contributed by atoms with Crippen LogP contribution in [0.1, 0.15) is 30.6 Å². The van der Waals surface area contributed by atoms with Crippen LogP contribution in [0.4, 0.5) is 4.39 Å². The lowest BCUT2D eigenvalue weighted by Crippen LogP contribution is -2.00. The third kappa shape index (κ3) is 2.79. The van der Waals surface area contributed by atoms with E-state index >= 15 is 0 Å². The van der Waals surface area contributed by atoms with Crippen LogP contribution in [0.3, 0.4) is 0 Å². The first-order valence-corrected chi connectivity index (χ1v) is 6.56. The molecule has 1 N–H and O–H groups in total. The molecule has 0 bridgehead atoms. The monoisotopic (exact) mass is 312 g/mol. The Morgan fingerprint density at radius 3 is 2.94 bits per heavy atom. The number of aliphatic hydroxyl groups excluding tert-OH is 1. The molecule has 1 aromatic heterocycles. The second-order valence-electron chi connectivity index (χ2n) is 4.11. The van der Waals surface area contributed by atoms with Gasteiger partial charge < -0.3 is 5.11 Å². The number of aryl methyl sites for hydroxylation is 1. The molecule has 0 radical (unpaired) electrons. The maximum atomic E-state index is 13.0. The highest BCUT2D eigenvalue weighted by Crippen LogP contribution is 2.28. The quantitative estimate of drug-likeness (QED) is 0.941. The lowest BCUT2D eigenvalue weighted by molar-refractivity contribution is 0.219. The number of hydrogen-bond acceptors (Lipinski definition) is 2. The van der Waals surface area contributed by atoms with Crippen LogP contribution in [0, 0.1) is 5.82 Å². The smallest absolute Gasteiger partial charge is 0.124 e. The first-order valence-electron chi connectivity index (χ1n) is 5.77. The highest BCUT2D eigenvalue weighted by molar-refractivity contribution is 9.10. The molecule has 96 valence electrons. The van der Waals surface area contributed by atoms with Gasteiger partial charge in [-0.25, -0.2) is 4.39 Å². The predicted molar refractivity (Wildman–Crippen MR) is 70.7 cm³/mol. The average molecular weight is 313 g/mol. The van der Waals surface area contributed by atoms with E-state index < -0.39 is 6.10 Å². The van der Waals surface area contributed by atoms with E-state index in [0.29, 0.717) is 15.6 Å². The number of hydrogen-bond donors (Lipinski definition) is 1. The highest BCUT2D eigenvalue weighted by atomic mass is 79.9. The van der Waals surface area contributed by atoms with Crippen LogP contribution in [0.2, 0.25) is 0 Å². The summed E-state index contributed by atoms with van der Waals surface area (Å²) in [5.74, 6) is -0.334. The minimum Gasteiger partial charge on any atom is -0.383 e. The van der Waals surface area contributed by atoms with Crippen LogP contribution in [0.25, 0.3) is 0 Å². The van der Waals surface area contributed by atoms with E-state index in [1.807, 2.05) is 6.20 Å². The molecule has 2 rings (SSSR count). The molecule has 3 nitrogen and oxygen atoms in total. The Morgan fingerprint density at radius 2 is 2.28 bits per heavy atom. The number of aromatic nitrogens is 2. The zero-order chi connectivity index (χ0) is 13.1. The largest absolute Gasteiger partial charge is 0.383 e. The van der Waals surface area contributed by atoms with Gasteiger partial charge in [0.05, 0.1) is 6.20 Å². The molecule has 5 heteroatoms. The molecule has 2 aromatic rings. The van der Waals surface area contributed by atoms with Crippen LogP contribution in [-0.4, -0.2) is 14.9 Å². The second kappa shape index (κ2) is 5.63. The molecule has 0 fully saturated rings. The summed E-state index contributed by atoms with van der Waals surface area (Å²) in [4.78, 5) is 0. The van der Waals surface area contributed by atoms with E-state index in [2.05, 4.69) is 28.0 Å². The summed E-state index contributed by atoms with van der Waals surface area (Å²) in [6, 6.07) is 4.25. The fourth-order valence-electron chi connectivity index (χ4n) is 1.77. The fourth-order valence-corrected chi connectivity index (χ4v) is 2.34. The lowest BCUT2D eigenvalue weighted by Gasteiger charge is -2.10. The topological polar surface area (TPSA) is 38.0 Å². The standard InChI is InChI=1S/C13H14BrFN2O/c1-2-5-17-8-9(7-16-17)13(18)11-4-3-10(15)6-12(11)14/h3-4,6-8,13,18H,2,5H2,1H3. The van der Waals surface area contributed by atoms with E-state index in [4.69, 9.17) is 0 Å². The number of aliphatic hydroxyl groups is 1. The molecule has 1 aromatic carbocycles. The van der Waals surface area contributed by atoms with Crippen molar-refractivity contribution in [2.75, 3.05) is 0 Å². The van der Waals surface area contributed by atoms with Crippen molar-refractivity contribution in [3.63, 3.8) is 0 Å². The summed E-state index contributed by atoms with van der Waals surface area (Å²) in [5, 5.41) is 14.4. The minimum atomic E-state index is -0.800. The Balaban J connectivity index is 2.26. The van der Waals surface area contributed by atoms with Gasteiger partial charge in [-0.05, 0) is 24.1 Å². The molecule has 0 aliphatic carbocycles.